The average Bonchev–Trinajstić information content (AvgIpc) is 2.99. The number of carbonyl (C=O) groups is 2. The third kappa shape index (κ3) is 12.4. The molecule has 0 aromatic heterocycles. The Hall–Kier alpha value is 1.39. The number of Topliss-reactive ketones (excluding diaryl/α,β-unsaturated/α-hetero) is 1. The number of likely N-dealkylation sites (N-methyl/N-ethyl adjacent to an activating group) is 1. The molecule has 2 bridgehead atoms. The fourth-order valence-corrected chi connectivity index (χ4v) is 7.78. The molecule has 0 aliphatic carbocycles. The zero-order valence-corrected chi connectivity index (χ0v) is 41.2. The van der Waals surface area contributed by atoms with E-state index in [2.05, 4.69) is 18.7 Å². The zero-order chi connectivity index (χ0) is 34.6. The van der Waals surface area contributed by atoms with Gasteiger partial charge >= 0.3 is 0 Å². The normalized spacial score (nSPS) is 40.3. The van der Waals surface area contributed by atoms with E-state index in [0.717, 1.165) is 12.0 Å². The molecule has 3 heterocycles. The van der Waals surface area contributed by atoms with Gasteiger partial charge in [0.15, 0.2) is 12.3 Å². The van der Waals surface area contributed by atoms with Crippen LogP contribution in [0.15, 0.2) is 23.8 Å². The summed E-state index contributed by atoms with van der Waals surface area (Å²) in [6, 6.07) is 0.00989. The van der Waals surface area contributed by atoms with Crippen LogP contribution in [0.3, 0.4) is 0 Å². The first-order valence-electron chi connectivity index (χ1n) is 16.7. The molecule has 3 radical (unpaired) electrons. The summed E-state index contributed by atoms with van der Waals surface area (Å²) in [6.07, 6.45) is 3.16. The number of ketones is 1. The minimum Gasteiger partial charge on any atom is -0.481 e. The number of fused-ring (bicyclic) bond motifs is 5. The van der Waals surface area contributed by atoms with Gasteiger partial charge in [-0.3, -0.25) is 4.79 Å². The molecule has 50 heavy (non-hydrogen) atoms. The van der Waals surface area contributed by atoms with Crippen molar-refractivity contribution in [3.05, 3.63) is 44.1 Å². The van der Waals surface area contributed by atoms with Gasteiger partial charge in [-0.15, -0.1) is 0 Å². The van der Waals surface area contributed by atoms with Gasteiger partial charge in [0.05, 0.1) is 37.1 Å². The van der Waals surface area contributed by atoms with E-state index in [1.54, 1.807) is 21.0 Å². The van der Waals surface area contributed by atoms with Crippen molar-refractivity contribution < 1.29 is 141 Å². The molecular formula is C37H62NO9Y3-3. The molecule has 2 fully saturated rings. The summed E-state index contributed by atoms with van der Waals surface area (Å²) in [5, 5.41) is 12.0. The quantitative estimate of drug-likeness (QED) is 0.232. The maximum atomic E-state index is 14.2. The molecule has 3 aliphatic heterocycles. The van der Waals surface area contributed by atoms with Crippen molar-refractivity contribution in [2.24, 2.45) is 17.8 Å². The predicted molar refractivity (Wildman–Crippen MR) is 182 cm³/mol. The number of methoxy groups -OCH3 is 1. The van der Waals surface area contributed by atoms with E-state index in [-0.39, 0.29) is 149 Å². The molecule has 0 spiro atoms. The van der Waals surface area contributed by atoms with E-state index >= 15 is 0 Å². The third-order valence-electron chi connectivity index (χ3n) is 10.3. The van der Waals surface area contributed by atoms with Crippen molar-refractivity contribution in [3.63, 3.8) is 0 Å². The Kier molecular flexibility index (Phi) is 25.1. The number of aliphatic hydroxyl groups is 1. The molecule has 2 saturated heterocycles. The van der Waals surface area contributed by atoms with Crippen molar-refractivity contribution in [1.82, 2.24) is 4.90 Å². The Morgan fingerprint density at radius 1 is 1.08 bits per heavy atom. The number of carbonyl (C=O) groups excluding carboxylic acids is 2. The summed E-state index contributed by atoms with van der Waals surface area (Å²) >= 11 is 0. The van der Waals surface area contributed by atoms with Crippen LogP contribution >= 0.6 is 0 Å². The Balaban J connectivity index is 0. The van der Waals surface area contributed by atoms with Gasteiger partial charge in [-0.05, 0) is 54.1 Å². The maximum Gasteiger partial charge on any atom is 0.186 e. The van der Waals surface area contributed by atoms with E-state index in [4.69, 9.17) is 28.4 Å². The first-order chi connectivity index (χ1) is 21.5. The third-order valence-corrected chi connectivity index (χ3v) is 10.3. The minimum atomic E-state index is -1.58. The van der Waals surface area contributed by atoms with E-state index in [9.17, 15) is 14.7 Å². The van der Waals surface area contributed by atoms with Gasteiger partial charge in [0, 0.05) is 123 Å². The van der Waals surface area contributed by atoms with E-state index < -0.39 is 59.6 Å². The molecule has 3 aliphatic rings. The fraction of sp³-hybridized carbons (Fsp3) is 0.757. The summed E-state index contributed by atoms with van der Waals surface area (Å²) in [7, 11) is 5.64. The fourth-order valence-electron chi connectivity index (χ4n) is 7.78. The summed E-state index contributed by atoms with van der Waals surface area (Å²) in [6.45, 7) is 19.3. The topological polar surface area (TPSA) is 113 Å². The van der Waals surface area contributed by atoms with E-state index in [1.165, 1.54) is 6.92 Å². The van der Waals surface area contributed by atoms with Crippen LogP contribution in [0, 0.1) is 38.0 Å². The average molecular weight is 932 g/mol. The number of esters is 1. The zero-order valence-electron chi connectivity index (χ0n) is 32.6. The van der Waals surface area contributed by atoms with Crippen LogP contribution in [0.4, 0.5) is 0 Å². The molecule has 10 nitrogen and oxygen atoms in total. The van der Waals surface area contributed by atoms with E-state index in [1.807, 2.05) is 60.0 Å². The number of cyclic esters (lactones) is 1. The Labute approximate surface area is 378 Å². The van der Waals surface area contributed by atoms with Crippen molar-refractivity contribution in [2.45, 2.75) is 129 Å². The molecule has 0 aromatic carbocycles. The molecule has 3 rings (SSSR count). The summed E-state index contributed by atoms with van der Waals surface area (Å²) in [5.41, 5.74) is -1.66. The van der Waals surface area contributed by atoms with Gasteiger partial charge in [0.2, 0.25) is 0 Å². The standard InChI is InChI=1S/C36H59NO9.CH3.3Y/c1-13-26-21(3)20-35(8)31(46-34-30(41-12)27(37(10)11)19-22(4)44-34)24(6)29(38)25(7)33(39)45-28(14-2)36(9,40)32(23(26)5)42-17-15-16-18-43-35;;;;/h13,15-16,21-24,27-28,30-32,34,40H,1,14,17-20H2,2-12H3;1H3;;;/q-2;-1;;;/b16-15-,26-13+;;;;/t21-,22-,23+,24+,27+,28-,30-,31-,32-,34+,35-,36-;;;;/m1..../s1. The second kappa shape index (κ2) is 23.5. The largest absolute Gasteiger partial charge is 0.481 e. The molecule has 1 N–H and O–H groups in total. The Bertz CT molecular complexity index is 1110. The van der Waals surface area contributed by atoms with Crippen molar-refractivity contribution in [3.8, 4) is 0 Å². The minimum absolute atomic E-state index is 0. The first-order valence-corrected chi connectivity index (χ1v) is 16.7. The van der Waals surface area contributed by atoms with Crippen LogP contribution in [0.2, 0.25) is 0 Å². The van der Waals surface area contributed by atoms with Crippen LogP contribution in [-0.4, -0.2) is 110 Å². The first kappa shape index (κ1) is 53.5. The van der Waals surface area contributed by atoms with Crippen LogP contribution < -0.4 is 0 Å². The van der Waals surface area contributed by atoms with Gasteiger partial charge in [-0.25, -0.2) is 24.5 Å². The number of rotatable bonds is 5. The SMILES string of the molecule is [CH2-]/C=C1\[C@H](C)C[C@@]2(C)OC/C=C\CO[C@H]([C@H]1C)[C@](C)(O)[C@@H](CC)OC(=O)[C-](C)C(=O)[C@H](C)[C@H]2O[C@@H]1O[C@H](C)C[C@H](N(C)C)[C@H]1OC.[CH3-].[Y].[Y].[Y]. The number of hydrogen-bond donors (Lipinski definition) is 1. The van der Waals surface area contributed by atoms with Crippen molar-refractivity contribution in [1.29, 1.82) is 0 Å². The number of nitrogens with zero attached hydrogens (tertiary/aromatic N) is 1. The number of allylic oxidation sites excluding steroid dienone is 1. The molecular weight excluding hydrogens is 869 g/mol. The van der Waals surface area contributed by atoms with Gasteiger partial charge < -0.3 is 50.6 Å². The second-order valence-corrected chi connectivity index (χ2v) is 14.1. The number of hydrogen-bond acceptors (Lipinski definition) is 10. The summed E-state index contributed by atoms with van der Waals surface area (Å²) in [5.74, 6) is -2.55. The monoisotopic (exact) mass is 931 g/mol. The summed E-state index contributed by atoms with van der Waals surface area (Å²) in [4.78, 5) is 29.9. The van der Waals surface area contributed by atoms with Crippen LogP contribution in [0.25, 0.3) is 0 Å². The molecule has 0 saturated carbocycles. The molecule has 0 unspecified atom stereocenters. The molecule has 12 atom stereocenters. The maximum absolute atomic E-state index is 14.2. The predicted octanol–water partition coefficient (Wildman–Crippen LogP) is 4.93. The molecule has 281 valence electrons. The smallest absolute Gasteiger partial charge is 0.186 e. The van der Waals surface area contributed by atoms with Crippen LogP contribution in [0.5, 0.6) is 0 Å². The van der Waals surface area contributed by atoms with Crippen molar-refractivity contribution in [2.75, 3.05) is 34.4 Å². The number of ether oxygens (including phenoxy) is 6. The molecule has 13 heteroatoms. The van der Waals surface area contributed by atoms with Gasteiger partial charge in [-0.2, -0.15) is 6.92 Å². The summed E-state index contributed by atoms with van der Waals surface area (Å²) < 4.78 is 38.2. The van der Waals surface area contributed by atoms with Crippen LogP contribution in [-0.2, 0) is 136 Å². The molecule has 0 amide bonds. The Morgan fingerprint density at radius 3 is 2.22 bits per heavy atom. The Morgan fingerprint density at radius 2 is 1.68 bits per heavy atom. The van der Waals surface area contributed by atoms with Crippen LogP contribution in [0.1, 0.15) is 74.7 Å². The van der Waals surface area contributed by atoms with Gasteiger partial charge in [0.25, 0.3) is 0 Å². The van der Waals surface area contributed by atoms with Gasteiger partial charge in [-0.1, -0.05) is 51.7 Å². The molecule has 0 aromatic rings. The second-order valence-electron chi connectivity index (χ2n) is 14.1. The van der Waals surface area contributed by atoms with E-state index in [0.29, 0.717) is 12.8 Å². The van der Waals surface area contributed by atoms with Gasteiger partial charge in [0.1, 0.15) is 17.8 Å². The van der Waals surface area contributed by atoms with Crippen molar-refractivity contribution >= 4 is 11.8 Å².